The lowest BCUT2D eigenvalue weighted by molar-refractivity contribution is -0.145. The number of carbonyl (C=O) groups is 3. The van der Waals surface area contributed by atoms with E-state index in [0.29, 0.717) is 0 Å². The first-order valence-corrected chi connectivity index (χ1v) is 3.61. The number of Topliss-reactive ketones (excluding diaryl/α,β-unsaturated/α-hetero) is 1. The maximum Gasteiger partial charge on any atom is 0.336 e. The summed E-state index contributed by atoms with van der Waals surface area (Å²) in [5.41, 5.74) is -0.252. The number of aliphatic carboxylic acids is 1. The van der Waals surface area contributed by atoms with Crippen LogP contribution in [0.15, 0.2) is 11.3 Å². The Balaban J connectivity index is 3.14. The Kier molecular flexibility index (Phi) is 2.18. The summed E-state index contributed by atoms with van der Waals surface area (Å²) in [5, 5.41) is 8.68. The van der Waals surface area contributed by atoms with Crippen LogP contribution in [0.1, 0.15) is 13.8 Å². The van der Waals surface area contributed by atoms with Crippen molar-refractivity contribution in [1.82, 2.24) is 0 Å². The van der Waals surface area contributed by atoms with Crippen molar-refractivity contribution in [3.05, 3.63) is 11.3 Å². The summed E-state index contributed by atoms with van der Waals surface area (Å²) in [5.74, 6) is -3.86. The molecule has 70 valence electrons. The van der Waals surface area contributed by atoms with Gasteiger partial charge in [0.05, 0.1) is 5.57 Å². The Bertz CT molecular complexity index is 325. The molecule has 1 unspecified atom stereocenters. The predicted octanol–water partition coefficient (Wildman–Crippen LogP) is 0.107. The summed E-state index contributed by atoms with van der Waals surface area (Å²) in [6.07, 6.45) is 0. The second kappa shape index (κ2) is 3.01. The van der Waals surface area contributed by atoms with E-state index in [1.165, 1.54) is 6.92 Å². The quantitative estimate of drug-likeness (QED) is 0.486. The third-order valence-corrected chi connectivity index (χ3v) is 1.79. The van der Waals surface area contributed by atoms with Crippen LogP contribution in [0.25, 0.3) is 0 Å². The number of carbonyl (C=O) groups excluding carboxylic acids is 2. The molecule has 1 aliphatic heterocycles. The van der Waals surface area contributed by atoms with Gasteiger partial charge in [0.25, 0.3) is 0 Å². The summed E-state index contributed by atoms with van der Waals surface area (Å²) in [7, 11) is 0. The zero-order valence-corrected chi connectivity index (χ0v) is 7.16. The van der Waals surface area contributed by atoms with E-state index in [4.69, 9.17) is 5.11 Å². The average molecular weight is 184 g/mol. The molecular formula is C8H8O5. The second-order valence-corrected chi connectivity index (χ2v) is 2.74. The van der Waals surface area contributed by atoms with Gasteiger partial charge in [-0.3, -0.25) is 9.59 Å². The third-order valence-electron chi connectivity index (χ3n) is 1.79. The van der Waals surface area contributed by atoms with E-state index < -0.39 is 23.6 Å². The number of hydrogen-bond acceptors (Lipinski definition) is 4. The number of ether oxygens (including phenoxy) is 1. The first-order chi connectivity index (χ1) is 5.95. The van der Waals surface area contributed by atoms with Gasteiger partial charge in [-0.25, -0.2) is 4.79 Å². The summed E-state index contributed by atoms with van der Waals surface area (Å²) < 4.78 is 4.55. The minimum absolute atomic E-state index is 0.00213. The van der Waals surface area contributed by atoms with Crippen molar-refractivity contribution < 1.29 is 24.2 Å². The fourth-order valence-corrected chi connectivity index (χ4v) is 1.23. The first kappa shape index (κ1) is 9.44. The van der Waals surface area contributed by atoms with Gasteiger partial charge in [0, 0.05) is 0 Å². The number of carboxylic acids is 1. The van der Waals surface area contributed by atoms with Gasteiger partial charge >= 0.3 is 11.9 Å². The second-order valence-electron chi connectivity index (χ2n) is 2.74. The van der Waals surface area contributed by atoms with E-state index in [1.54, 1.807) is 0 Å². The number of cyclic esters (lactones) is 1. The molecule has 0 aliphatic carbocycles. The highest BCUT2D eigenvalue weighted by Crippen LogP contribution is 2.27. The number of esters is 1. The molecular weight excluding hydrogens is 176 g/mol. The van der Waals surface area contributed by atoms with Crippen LogP contribution in [-0.2, 0) is 19.1 Å². The van der Waals surface area contributed by atoms with E-state index in [-0.39, 0.29) is 11.3 Å². The molecule has 1 rings (SSSR count). The average Bonchev–Trinajstić information content (AvgIpc) is 2.24. The highest BCUT2D eigenvalue weighted by molar-refractivity contribution is 6.11. The van der Waals surface area contributed by atoms with Crippen molar-refractivity contribution in [1.29, 1.82) is 0 Å². The van der Waals surface area contributed by atoms with Crippen molar-refractivity contribution in [2.45, 2.75) is 13.8 Å². The molecule has 0 saturated carbocycles. The van der Waals surface area contributed by atoms with Crippen LogP contribution >= 0.6 is 0 Å². The smallest absolute Gasteiger partial charge is 0.336 e. The van der Waals surface area contributed by atoms with Gasteiger partial charge in [0.15, 0.2) is 5.92 Å². The Labute approximate surface area is 74.0 Å². The highest BCUT2D eigenvalue weighted by Gasteiger charge is 2.41. The van der Waals surface area contributed by atoms with Gasteiger partial charge in [0.2, 0.25) is 0 Å². The minimum Gasteiger partial charge on any atom is -0.478 e. The Hall–Kier alpha value is -1.65. The summed E-state index contributed by atoms with van der Waals surface area (Å²) >= 11 is 0. The fraction of sp³-hybridized carbons (Fsp3) is 0.375. The van der Waals surface area contributed by atoms with Gasteiger partial charge in [-0.1, -0.05) is 0 Å². The predicted molar refractivity (Wildman–Crippen MR) is 40.6 cm³/mol. The van der Waals surface area contributed by atoms with Crippen molar-refractivity contribution in [3.63, 3.8) is 0 Å². The van der Waals surface area contributed by atoms with Crippen molar-refractivity contribution in [2.24, 2.45) is 5.92 Å². The molecule has 0 aromatic rings. The molecule has 0 bridgehead atoms. The van der Waals surface area contributed by atoms with Gasteiger partial charge in [-0.2, -0.15) is 0 Å². The molecule has 0 amide bonds. The van der Waals surface area contributed by atoms with Gasteiger partial charge in [-0.05, 0) is 13.8 Å². The highest BCUT2D eigenvalue weighted by atomic mass is 16.5. The van der Waals surface area contributed by atoms with E-state index in [9.17, 15) is 14.4 Å². The number of allylic oxidation sites excluding steroid dienone is 1. The van der Waals surface area contributed by atoms with Gasteiger partial charge in [-0.15, -0.1) is 0 Å². The molecule has 0 aromatic heterocycles. The molecule has 0 spiro atoms. The van der Waals surface area contributed by atoms with E-state index in [1.807, 2.05) is 0 Å². The lowest BCUT2D eigenvalue weighted by Crippen LogP contribution is -2.23. The van der Waals surface area contributed by atoms with Crippen LogP contribution in [-0.4, -0.2) is 22.8 Å². The molecule has 1 heterocycles. The van der Waals surface area contributed by atoms with Crippen molar-refractivity contribution in [2.75, 3.05) is 0 Å². The van der Waals surface area contributed by atoms with E-state index >= 15 is 0 Å². The lowest BCUT2D eigenvalue weighted by Gasteiger charge is -2.01. The van der Waals surface area contributed by atoms with Crippen LogP contribution in [0, 0.1) is 5.92 Å². The molecule has 5 heteroatoms. The molecule has 13 heavy (non-hydrogen) atoms. The third kappa shape index (κ3) is 1.44. The zero-order chi connectivity index (χ0) is 10.2. The Morgan fingerprint density at radius 3 is 2.31 bits per heavy atom. The van der Waals surface area contributed by atoms with E-state index in [2.05, 4.69) is 4.74 Å². The molecule has 0 aromatic carbocycles. The number of hydrogen-bond donors (Lipinski definition) is 1. The molecule has 1 aliphatic rings. The molecule has 1 N–H and O–H groups in total. The Morgan fingerprint density at radius 2 is 2.00 bits per heavy atom. The first-order valence-electron chi connectivity index (χ1n) is 3.61. The van der Waals surface area contributed by atoms with E-state index in [0.717, 1.165) is 6.92 Å². The maximum atomic E-state index is 11.0. The normalized spacial score (nSPS) is 21.7. The summed E-state index contributed by atoms with van der Waals surface area (Å²) in [6.45, 7) is 2.51. The number of ketones is 1. The molecule has 0 radical (unpaired) electrons. The molecule has 0 saturated heterocycles. The summed E-state index contributed by atoms with van der Waals surface area (Å²) in [4.78, 5) is 32.5. The van der Waals surface area contributed by atoms with Crippen LogP contribution in [0.4, 0.5) is 0 Å². The SMILES string of the molecule is CC(=O)C1C(=O)OC(C)=C1C(=O)O. The fourth-order valence-electron chi connectivity index (χ4n) is 1.23. The van der Waals surface area contributed by atoms with Gasteiger partial charge in [0.1, 0.15) is 11.5 Å². The van der Waals surface area contributed by atoms with Crippen LogP contribution in [0.2, 0.25) is 0 Å². The standard InChI is InChI=1S/C8H8O5/c1-3(9)5-6(7(10)11)4(2)13-8(5)12/h5H,1-2H3,(H,10,11). The lowest BCUT2D eigenvalue weighted by atomic mass is 9.97. The minimum atomic E-state index is -1.29. The van der Waals surface area contributed by atoms with Crippen LogP contribution in [0.3, 0.4) is 0 Å². The van der Waals surface area contributed by atoms with Gasteiger partial charge < -0.3 is 9.84 Å². The number of carboxylic acid groups (broad SMARTS) is 1. The topological polar surface area (TPSA) is 80.7 Å². The number of rotatable bonds is 2. The van der Waals surface area contributed by atoms with Crippen LogP contribution < -0.4 is 0 Å². The zero-order valence-electron chi connectivity index (χ0n) is 7.16. The van der Waals surface area contributed by atoms with Crippen molar-refractivity contribution in [3.8, 4) is 0 Å². The van der Waals surface area contributed by atoms with Crippen LogP contribution in [0.5, 0.6) is 0 Å². The summed E-state index contributed by atoms with van der Waals surface area (Å²) in [6, 6.07) is 0. The maximum absolute atomic E-state index is 11.0. The largest absolute Gasteiger partial charge is 0.478 e. The Morgan fingerprint density at radius 1 is 1.46 bits per heavy atom. The molecule has 1 atom stereocenters. The molecule has 5 nitrogen and oxygen atoms in total. The van der Waals surface area contributed by atoms with Crippen molar-refractivity contribution >= 4 is 17.7 Å². The molecule has 0 fully saturated rings. The monoisotopic (exact) mass is 184 g/mol.